The first-order valence-electron chi connectivity index (χ1n) is 4.34. The summed E-state index contributed by atoms with van der Waals surface area (Å²) in [7, 11) is 0. The Balaban J connectivity index is 2.59. The first-order chi connectivity index (χ1) is 7.20. The first-order valence-corrected chi connectivity index (χ1v) is 4.72. The van der Waals surface area contributed by atoms with Gasteiger partial charge in [-0.1, -0.05) is 6.07 Å². The molecule has 0 spiro atoms. The topological polar surface area (TPSA) is 47.8 Å². The van der Waals surface area contributed by atoms with E-state index in [1.807, 2.05) is 13.0 Å². The quantitative estimate of drug-likeness (QED) is 0.729. The monoisotopic (exact) mass is 221 g/mol. The van der Waals surface area contributed by atoms with Crippen LogP contribution in [-0.2, 0) is 0 Å². The van der Waals surface area contributed by atoms with E-state index in [0.717, 1.165) is 11.3 Å². The fourth-order valence-corrected chi connectivity index (χ4v) is 1.65. The first kappa shape index (κ1) is 9.86. The highest BCUT2D eigenvalue weighted by molar-refractivity contribution is 6.68. The third-order valence-corrected chi connectivity index (χ3v) is 2.42. The van der Waals surface area contributed by atoms with Crippen molar-refractivity contribution in [3.05, 3.63) is 42.0 Å². The zero-order chi connectivity index (χ0) is 10.8. The molecule has 1 heterocycles. The lowest BCUT2D eigenvalue weighted by Gasteiger charge is -2.07. The highest BCUT2D eigenvalue weighted by Gasteiger charge is 2.09. The highest BCUT2D eigenvalue weighted by atomic mass is 35.5. The van der Waals surface area contributed by atoms with Crippen LogP contribution in [0.15, 0.2) is 30.9 Å². The maximum absolute atomic E-state index is 11.1. The number of hydrogen-bond acceptors (Lipinski definition) is 3. The molecule has 0 fully saturated rings. The molecule has 1 aromatic carbocycles. The van der Waals surface area contributed by atoms with Crippen molar-refractivity contribution in [1.29, 1.82) is 0 Å². The zero-order valence-corrected chi connectivity index (χ0v) is 8.77. The smallest absolute Gasteiger partial charge is 0.252 e. The zero-order valence-electron chi connectivity index (χ0n) is 8.01. The minimum atomic E-state index is -0.456. The Morgan fingerprint density at radius 2 is 2.00 bits per heavy atom. The molecule has 2 aromatic rings. The van der Waals surface area contributed by atoms with Crippen molar-refractivity contribution in [2.45, 2.75) is 6.92 Å². The summed E-state index contributed by atoms with van der Waals surface area (Å²) in [5.41, 5.74) is 2.17. The van der Waals surface area contributed by atoms with Crippen molar-refractivity contribution < 1.29 is 4.79 Å². The average Bonchev–Trinajstić information content (AvgIpc) is 2.70. The van der Waals surface area contributed by atoms with E-state index >= 15 is 0 Å². The summed E-state index contributed by atoms with van der Waals surface area (Å²) in [4.78, 5) is 11.1. The molecule has 0 N–H and O–H groups in total. The molecule has 0 radical (unpaired) electrons. The van der Waals surface area contributed by atoms with Crippen LogP contribution >= 0.6 is 11.6 Å². The van der Waals surface area contributed by atoms with Crippen molar-refractivity contribution in [3.63, 3.8) is 0 Å². The number of benzene rings is 1. The van der Waals surface area contributed by atoms with E-state index in [4.69, 9.17) is 11.6 Å². The van der Waals surface area contributed by atoms with E-state index in [9.17, 15) is 4.79 Å². The minimum absolute atomic E-state index is 0.456. The van der Waals surface area contributed by atoms with E-state index in [0.29, 0.717) is 5.56 Å². The number of carbonyl (C=O) groups is 1. The van der Waals surface area contributed by atoms with Gasteiger partial charge in [-0.15, -0.1) is 10.2 Å². The van der Waals surface area contributed by atoms with Gasteiger partial charge in [-0.2, -0.15) is 0 Å². The van der Waals surface area contributed by atoms with Gasteiger partial charge in [-0.25, -0.2) is 0 Å². The van der Waals surface area contributed by atoms with Crippen LogP contribution in [0.5, 0.6) is 0 Å². The summed E-state index contributed by atoms with van der Waals surface area (Å²) in [5, 5.41) is 6.96. The van der Waals surface area contributed by atoms with E-state index < -0.39 is 5.24 Å². The molecule has 0 unspecified atom stereocenters. The summed E-state index contributed by atoms with van der Waals surface area (Å²) >= 11 is 5.46. The maximum Gasteiger partial charge on any atom is 0.252 e. The molecule has 0 amide bonds. The molecule has 76 valence electrons. The molecular weight excluding hydrogens is 214 g/mol. The lowest BCUT2D eigenvalue weighted by atomic mass is 10.1. The van der Waals surface area contributed by atoms with Gasteiger partial charge in [0.1, 0.15) is 12.7 Å². The maximum atomic E-state index is 11.1. The van der Waals surface area contributed by atoms with Gasteiger partial charge in [0.2, 0.25) is 0 Å². The molecular formula is C10H8ClN3O. The molecule has 5 heteroatoms. The predicted octanol–water partition coefficient (Wildman–Crippen LogP) is 1.95. The predicted molar refractivity (Wildman–Crippen MR) is 56.3 cm³/mol. The SMILES string of the molecule is Cc1c(C(=O)Cl)cccc1-n1cnnc1. The van der Waals surface area contributed by atoms with E-state index in [2.05, 4.69) is 10.2 Å². The van der Waals surface area contributed by atoms with Crippen LogP contribution in [0, 0.1) is 6.92 Å². The normalized spacial score (nSPS) is 10.3. The van der Waals surface area contributed by atoms with Crippen LogP contribution in [0.1, 0.15) is 15.9 Å². The van der Waals surface area contributed by atoms with Gasteiger partial charge < -0.3 is 0 Å². The lowest BCUT2D eigenvalue weighted by molar-refractivity contribution is 0.108. The van der Waals surface area contributed by atoms with Gasteiger partial charge in [-0.3, -0.25) is 9.36 Å². The summed E-state index contributed by atoms with van der Waals surface area (Å²) in [6.07, 6.45) is 3.15. The van der Waals surface area contributed by atoms with Crippen LogP contribution in [-0.4, -0.2) is 20.0 Å². The number of aromatic nitrogens is 3. The van der Waals surface area contributed by atoms with Crippen molar-refractivity contribution in [2.75, 3.05) is 0 Å². The van der Waals surface area contributed by atoms with Gasteiger partial charge in [0.05, 0.1) is 5.69 Å². The molecule has 15 heavy (non-hydrogen) atoms. The van der Waals surface area contributed by atoms with Crippen LogP contribution < -0.4 is 0 Å². The van der Waals surface area contributed by atoms with Crippen molar-refractivity contribution >= 4 is 16.8 Å². The van der Waals surface area contributed by atoms with Gasteiger partial charge in [-0.05, 0) is 36.2 Å². The van der Waals surface area contributed by atoms with Gasteiger partial charge in [0.15, 0.2) is 0 Å². The van der Waals surface area contributed by atoms with E-state index in [-0.39, 0.29) is 0 Å². The Kier molecular flexibility index (Phi) is 2.51. The molecule has 0 saturated carbocycles. The number of carbonyl (C=O) groups excluding carboxylic acids is 1. The fourth-order valence-electron chi connectivity index (χ4n) is 1.44. The van der Waals surface area contributed by atoms with Crippen LogP contribution in [0.25, 0.3) is 5.69 Å². The van der Waals surface area contributed by atoms with Crippen LogP contribution in [0.4, 0.5) is 0 Å². The second-order valence-corrected chi connectivity index (χ2v) is 3.44. The molecule has 0 aliphatic rings. The molecule has 0 bridgehead atoms. The molecule has 0 aliphatic heterocycles. The summed E-state index contributed by atoms with van der Waals surface area (Å²) in [6, 6.07) is 5.35. The summed E-state index contributed by atoms with van der Waals surface area (Å²) < 4.78 is 1.73. The number of halogens is 1. The number of nitrogens with zero attached hydrogens (tertiary/aromatic N) is 3. The summed E-state index contributed by atoms with van der Waals surface area (Å²) in [5.74, 6) is 0. The minimum Gasteiger partial charge on any atom is -0.288 e. The Morgan fingerprint density at radius 3 is 2.60 bits per heavy atom. The third-order valence-electron chi connectivity index (χ3n) is 2.21. The standard InChI is InChI=1S/C10H8ClN3O/c1-7-8(10(11)15)3-2-4-9(7)14-5-12-13-6-14/h2-6H,1H3. The van der Waals surface area contributed by atoms with Crippen molar-refractivity contribution in [3.8, 4) is 5.69 Å². The summed E-state index contributed by atoms with van der Waals surface area (Å²) in [6.45, 7) is 1.84. The molecule has 1 aromatic heterocycles. The second-order valence-electron chi connectivity index (χ2n) is 3.09. The van der Waals surface area contributed by atoms with E-state index in [1.54, 1.807) is 29.4 Å². The Labute approximate surface area is 91.5 Å². The van der Waals surface area contributed by atoms with Crippen LogP contribution in [0.3, 0.4) is 0 Å². The molecule has 0 atom stereocenters. The van der Waals surface area contributed by atoms with Gasteiger partial charge >= 0.3 is 0 Å². The van der Waals surface area contributed by atoms with Crippen molar-refractivity contribution in [1.82, 2.24) is 14.8 Å². The third kappa shape index (κ3) is 1.76. The van der Waals surface area contributed by atoms with Gasteiger partial charge in [0, 0.05) is 5.56 Å². The van der Waals surface area contributed by atoms with E-state index in [1.165, 1.54) is 0 Å². The van der Waals surface area contributed by atoms with Gasteiger partial charge in [0.25, 0.3) is 5.24 Å². The molecule has 0 saturated heterocycles. The largest absolute Gasteiger partial charge is 0.288 e. The lowest BCUT2D eigenvalue weighted by Crippen LogP contribution is -2.00. The molecule has 0 aliphatic carbocycles. The molecule has 4 nitrogen and oxygen atoms in total. The fraction of sp³-hybridized carbons (Fsp3) is 0.100. The number of rotatable bonds is 2. The van der Waals surface area contributed by atoms with Crippen LogP contribution in [0.2, 0.25) is 0 Å². The second kappa shape index (κ2) is 3.82. The average molecular weight is 222 g/mol. The Bertz CT molecular complexity index is 493. The van der Waals surface area contributed by atoms with Crippen molar-refractivity contribution in [2.24, 2.45) is 0 Å². The number of hydrogen-bond donors (Lipinski definition) is 0. The highest BCUT2D eigenvalue weighted by Crippen LogP contribution is 2.18. The Hall–Kier alpha value is -1.68. The molecule has 2 rings (SSSR count). The Morgan fingerprint density at radius 1 is 1.33 bits per heavy atom.